The Bertz CT molecular complexity index is 2650. The first-order valence-electron chi connectivity index (χ1n) is 19.3. The zero-order chi connectivity index (χ0) is 36.6. The summed E-state index contributed by atoms with van der Waals surface area (Å²) in [6.07, 6.45) is 4.19. The minimum atomic E-state index is 0.932. The van der Waals surface area contributed by atoms with E-state index in [-0.39, 0.29) is 0 Å². The standard InChI is InChI=1S/C49H41N3.C2H4/c1-2-11-34-20-24-37(25-21-34)52-48-26-22-35(28-30-50-44-16-7-3-12-38(44)39-13-4-8-17-45(39)50)32-42(48)43-33-36(23-27-49(43)52)29-31-51-46-18-9-5-14-40(46)41-15-6-10-19-47(41)51;1-2/h3-10,12-27,32-33H,2,11,28-31H2,1H3;1-2H2. The van der Waals surface area contributed by atoms with E-state index in [2.05, 4.69) is 192 Å². The molecule has 10 aromatic rings. The van der Waals surface area contributed by atoms with Gasteiger partial charge in [0, 0.05) is 73.2 Å². The first-order valence-corrected chi connectivity index (χ1v) is 19.3. The van der Waals surface area contributed by atoms with Crippen LogP contribution in [0.25, 0.3) is 71.1 Å². The fourth-order valence-corrected chi connectivity index (χ4v) is 8.78. The number of benzene rings is 7. The van der Waals surface area contributed by atoms with Crippen molar-refractivity contribution in [2.24, 2.45) is 0 Å². The molecule has 0 aliphatic rings. The van der Waals surface area contributed by atoms with E-state index >= 15 is 0 Å². The fraction of sp³-hybridized carbons (Fsp3) is 0.137. The van der Waals surface area contributed by atoms with Crippen LogP contribution in [-0.2, 0) is 32.4 Å². The van der Waals surface area contributed by atoms with Gasteiger partial charge in [-0.1, -0.05) is 110 Å². The molecule has 0 atom stereocenters. The second-order valence-corrected chi connectivity index (χ2v) is 14.3. The number of hydrogen-bond acceptors (Lipinski definition) is 0. The van der Waals surface area contributed by atoms with Gasteiger partial charge < -0.3 is 13.7 Å². The Balaban J connectivity index is 0.00000189. The topological polar surface area (TPSA) is 14.8 Å². The molecule has 0 aliphatic heterocycles. The van der Waals surface area contributed by atoms with E-state index in [0.717, 1.165) is 38.8 Å². The Kier molecular flexibility index (Phi) is 8.84. The maximum atomic E-state index is 3.00. The van der Waals surface area contributed by atoms with Crippen molar-refractivity contribution in [3.8, 4) is 5.69 Å². The van der Waals surface area contributed by atoms with E-state index in [9.17, 15) is 0 Å². The highest BCUT2D eigenvalue weighted by Gasteiger charge is 2.16. The van der Waals surface area contributed by atoms with Crippen LogP contribution in [-0.4, -0.2) is 13.7 Å². The maximum absolute atomic E-state index is 3.00. The van der Waals surface area contributed by atoms with Gasteiger partial charge >= 0.3 is 0 Å². The van der Waals surface area contributed by atoms with Crippen LogP contribution in [0, 0.1) is 0 Å². The third-order valence-electron chi connectivity index (χ3n) is 11.2. The van der Waals surface area contributed by atoms with Crippen molar-refractivity contribution < 1.29 is 0 Å². The van der Waals surface area contributed by atoms with Gasteiger partial charge in [-0.15, -0.1) is 13.2 Å². The number of aromatic nitrogens is 3. The lowest BCUT2D eigenvalue weighted by molar-refractivity contribution is 0.745. The van der Waals surface area contributed by atoms with Crippen molar-refractivity contribution in [3.05, 3.63) is 188 Å². The number of fused-ring (bicyclic) bond motifs is 9. The highest BCUT2D eigenvalue weighted by atomic mass is 15.0. The van der Waals surface area contributed by atoms with Crippen molar-refractivity contribution >= 4 is 65.4 Å². The molecule has 3 nitrogen and oxygen atoms in total. The summed E-state index contributed by atoms with van der Waals surface area (Å²) in [6, 6.07) is 58.8. The molecule has 0 fully saturated rings. The number of aryl methyl sites for hydroxylation is 5. The molecule has 0 aliphatic carbocycles. The lowest BCUT2D eigenvalue weighted by Gasteiger charge is -2.11. The second-order valence-electron chi connectivity index (χ2n) is 14.3. The van der Waals surface area contributed by atoms with Crippen LogP contribution < -0.4 is 0 Å². The van der Waals surface area contributed by atoms with Gasteiger partial charge in [0.25, 0.3) is 0 Å². The third kappa shape index (κ3) is 5.68. The van der Waals surface area contributed by atoms with Crippen molar-refractivity contribution in [1.29, 1.82) is 0 Å². The second kappa shape index (κ2) is 14.2. The molecule has 0 spiro atoms. The van der Waals surface area contributed by atoms with Crippen LogP contribution in [0.5, 0.6) is 0 Å². The zero-order valence-corrected chi connectivity index (χ0v) is 31.0. The van der Waals surface area contributed by atoms with E-state index in [1.807, 2.05) is 0 Å². The van der Waals surface area contributed by atoms with Gasteiger partial charge in [0.15, 0.2) is 0 Å². The Labute approximate surface area is 317 Å². The molecule has 0 saturated heterocycles. The van der Waals surface area contributed by atoms with Gasteiger partial charge in [0.05, 0.1) is 11.0 Å². The number of para-hydroxylation sites is 4. The van der Waals surface area contributed by atoms with Gasteiger partial charge in [-0.3, -0.25) is 0 Å². The molecule has 3 aromatic heterocycles. The number of rotatable bonds is 9. The molecule has 0 amide bonds. The fourth-order valence-electron chi connectivity index (χ4n) is 8.78. The van der Waals surface area contributed by atoms with Crippen molar-refractivity contribution in [3.63, 3.8) is 0 Å². The Morgan fingerprint density at radius 1 is 0.370 bits per heavy atom. The summed E-state index contributed by atoms with van der Waals surface area (Å²) in [7, 11) is 0. The molecule has 264 valence electrons. The Morgan fingerprint density at radius 3 is 1.13 bits per heavy atom. The van der Waals surface area contributed by atoms with E-state index in [0.29, 0.717) is 0 Å². The van der Waals surface area contributed by atoms with Crippen LogP contribution in [0.4, 0.5) is 0 Å². The summed E-state index contributed by atoms with van der Waals surface area (Å²) >= 11 is 0. The van der Waals surface area contributed by atoms with Gasteiger partial charge in [-0.2, -0.15) is 0 Å². The molecule has 10 rings (SSSR count). The predicted octanol–water partition coefficient (Wildman–Crippen LogP) is 13.2. The van der Waals surface area contributed by atoms with Gasteiger partial charge in [-0.25, -0.2) is 0 Å². The van der Waals surface area contributed by atoms with E-state index < -0.39 is 0 Å². The normalized spacial score (nSPS) is 11.6. The number of hydrogen-bond donors (Lipinski definition) is 0. The molecular formula is C51H45N3. The largest absolute Gasteiger partial charge is 0.340 e. The highest BCUT2D eigenvalue weighted by Crippen LogP contribution is 2.35. The monoisotopic (exact) mass is 699 g/mol. The van der Waals surface area contributed by atoms with E-state index in [1.54, 1.807) is 0 Å². The summed E-state index contributed by atoms with van der Waals surface area (Å²) in [5.41, 5.74) is 13.1. The van der Waals surface area contributed by atoms with Crippen LogP contribution >= 0.6 is 0 Å². The molecule has 54 heavy (non-hydrogen) atoms. The average Bonchev–Trinajstić information content (AvgIpc) is 3.85. The summed E-state index contributed by atoms with van der Waals surface area (Å²) in [5, 5.41) is 7.96. The predicted molar refractivity (Wildman–Crippen MR) is 232 cm³/mol. The lowest BCUT2D eigenvalue weighted by atomic mass is 10.0. The van der Waals surface area contributed by atoms with Gasteiger partial charge in [-0.05, 0) is 96.6 Å². The van der Waals surface area contributed by atoms with Gasteiger partial charge in [0.2, 0.25) is 0 Å². The SMILES string of the molecule is C=C.CCCc1ccc(-n2c3ccc(CCn4c5ccccc5c5ccccc54)cc3c3cc(CCn4c5ccccc5c5ccccc54)ccc32)cc1. The molecule has 3 heteroatoms. The van der Waals surface area contributed by atoms with Crippen LogP contribution in [0.1, 0.15) is 30.0 Å². The zero-order valence-electron chi connectivity index (χ0n) is 31.0. The lowest BCUT2D eigenvalue weighted by Crippen LogP contribution is -2.01. The summed E-state index contributed by atoms with van der Waals surface area (Å²) in [6.45, 7) is 10.1. The molecular weight excluding hydrogens is 655 g/mol. The summed E-state index contributed by atoms with van der Waals surface area (Å²) in [4.78, 5) is 0. The van der Waals surface area contributed by atoms with Crippen LogP contribution in [0.3, 0.4) is 0 Å². The highest BCUT2D eigenvalue weighted by molar-refractivity contribution is 6.10. The van der Waals surface area contributed by atoms with Crippen molar-refractivity contribution in [2.75, 3.05) is 0 Å². The Hall–Kier alpha value is -6.32. The molecule has 3 heterocycles. The Morgan fingerprint density at radius 2 is 0.741 bits per heavy atom. The van der Waals surface area contributed by atoms with E-state index in [1.165, 1.54) is 87.8 Å². The van der Waals surface area contributed by atoms with Crippen LogP contribution in [0.2, 0.25) is 0 Å². The minimum absolute atomic E-state index is 0.932. The third-order valence-corrected chi connectivity index (χ3v) is 11.2. The smallest absolute Gasteiger partial charge is 0.0541 e. The number of nitrogens with zero attached hydrogens (tertiary/aromatic N) is 3. The molecule has 0 saturated carbocycles. The van der Waals surface area contributed by atoms with Gasteiger partial charge in [0.1, 0.15) is 0 Å². The van der Waals surface area contributed by atoms with Crippen molar-refractivity contribution in [2.45, 2.75) is 45.7 Å². The molecule has 7 aromatic carbocycles. The van der Waals surface area contributed by atoms with E-state index in [4.69, 9.17) is 0 Å². The minimum Gasteiger partial charge on any atom is -0.340 e. The summed E-state index contributed by atoms with van der Waals surface area (Å²) in [5.74, 6) is 0. The maximum Gasteiger partial charge on any atom is 0.0541 e. The van der Waals surface area contributed by atoms with Crippen molar-refractivity contribution in [1.82, 2.24) is 13.7 Å². The quantitative estimate of drug-likeness (QED) is 0.133. The average molecular weight is 700 g/mol. The first-order chi connectivity index (χ1) is 26.7. The molecule has 0 N–H and O–H groups in total. The molecule has 0 radical (unpaired) electrons. The molecule has 0 unspecified atom stereocenters. The summed E-state index contributed by atoms with van der Waals surface area (Å²) < 4.78 is 7.47. The molecule has 0 bridgehead atoms. The first kappa shape index (κ1) is 33.5. The van der Waals surface area contributed by atoms with Crippen LogP contribution in [0.15, 0.2) is 171 Å².